The molecule has 388 valence electrons. The van der Waals surface area contributed by atoms with Gasteiger partial charge in [0, 0.05) is 12.8 Å². The van der Waals surface area contributed by atoms with Gasteiger partial charge >= 0.3 is 13.8 Å². The molecule has 0 rings (SSSR count). The number of quaternary nitrogens is 1. The third-order valence-corrected chi connectivity index (χ3v) is 12.7. The second-order valence-corrected chi connectivity index (χ2v) is 20.9. The maximum atomic E-state index is 13.5. The van der Waals surface area contributed by atoms with Crippen molar-refractivity contribution < 1.29 is 37.3 Å². The largest absolute Gasteiger partial charge is 0.472 e. The molecule has 0 aliphatic heterocycles. The summed E-state index contributed by atoms with van der Waals surface area (Å²) in [5.74, 6) is -0.532. The van der Waals surface area contributed by atoms with Crippen molar-refractivity contribution >= 4 is 19.7 Å². The molecule has 3 atom stereocenters. The molecular formula is C57H104N2O7P+. The van der Waals surface area contributed by atoms with Crippen LogP contribution >= 0.6 is 7.82 Å². The number of rotatable bonds is 48. The Balaban J connectivity index is 5.42. The molecule has 3 unspecified atom stereocenters. The monoisotopic (exact) mass is 960 g/mol. The molecule has 0 spiro atoms. The van der Waals surface area contributed by atoms with Crippen LogP contribution in [-0.4, -0.2) is 74.3 Å². The number of phosphoric acid groups is 1. The minimum Gasteiger partial charge on any atom is -0.456 e. The fraction of sp³-hybridized carbons (Fsp3) is 0.754. The SMILES string of the molecule is CC/C=C/C=C/C=C/CCCCCCCCCC(=O)NC(COP(=O)(O)OCC[N+](C)(C)C)C(/C=C/CCCCCCCCCCCC)OC(=O)CCCCCCCCC/C=C/C/C=C/CC. The van der Waals surface area contributed by atoms with Gasteiger partial charge in [0.25, 0.3) is 0 Å². The first-order valence-electron chi connectivity index (χ1n) is 27.3. The van der Waals surface area contributed by atoms with Gasteiger partial charge in [-0.05, 0) is 76.7 Å². The van der Waals surface area contributed by atoms with E-state index >= 15 is 0 Å². The minimum absolute atomic E-state index is 0.0336. The van der Waals surface area contributed by atoms with Crippen LogP contribution in [0.15, 0.2) is 72.9 Å². The minimum atomic E-state index is -4.45. The third-order valence-electron chi connectivity index (χ3n) is 11.7. The highest BCUT2D eigenvalue weighted by Gasteiger charge is 2.30. The van der Waals surface area contributed by atoms with E-state index in [1.54, 1.807) is 0 Å². The number of carbonyl (C=O) groups is 2. The van der Waals surface area contributed by atoms with Crippen LogP contribution in [-0.2, 0) is 27.9 Å². The zero-order valence-electron chi connectivity index (χ0n) is 44.1. The average Bonchev–Trinajstić information content (AvgIpc) is 3.28. The predicted molar refractivity (Wildman–Crippen MR) is 286 cm³/mol. The molecule has 0 saturated carbocycles. The summed E-state index contributed by atoms with van der Waals surface area (Å²) in [6.07, 6.45) is 58.9. The number of nitrogens with zero attached hydrogens (tertiary/aromatic N) is 1. The maximum absolute atomic E-state index is 13.5. The van der Waals surface area contributed by atoms with Gasteiger partial charge in [0.15, 0.2) is 0 Å². The lowest BCUT2D eigenvalue weighted by Crippen LogP contribution is -2.47. The van der Waals surface area contributed by atoms with Crippen molar-refractivity contribution in [3.05, 3.63) is 72.9 Å². The molecule has 0 heterocycles. The lowest BCUT2D eigenvalue weighted by Gasteiger charge is -2.27. The van der Waals surface area contributed by atoms with Crippen molar-refractivity contribution in [2.75, 3.05) is 40.9 Å². The number of carbonyl (C=O) groups excluding carboxylic acids is 2. The summed E-state index contributed by atoms with van der Waals surface area (Å²) in [7, 11) is 1.47. The molecule has 0 aromatic rings. The lowest BCUT2D eigenvalue weighted by atomic mass is 10.0. The van der Waals surface area contributed by atoms with E-state index in [1.165, 1.54) is 89.9 Å². The molecule has 0 aliphatic rings. The van der Waals surface area contributed by atoms with Gasteiger partial charge in [-0.1, -0.05) is 210 Å². The summed E-state index contributed by atoms with van der Waals surface area (Å²) in [6, 6.07) is -0.858. The summed E-state index contributed by atoms with van der Waals surface area (Å²) in [5, 5.41) is 3.03. The van der Waals surface area contributed by atoms with Gasteiger partial charge < -0.3 is 19.4 Å². The average molecular weight is 960 g/mol. The van der Waals surface area contributed by atoms with Gasteiger partial charge in [-0.3, -0.25) is 18.6 Å². The Morgan fingerprint density at radius 2 is 1.03 bits per heavy atom. The van der Waals surface area contributed by atoms with Gasteiger partial charge in [-0.15, -0.1) is 0 Å². The summed E-state index contributed by atoms with van der Waals surface area (Å²) in [5.41, 5.74) is 0. The van der Waals surface area contributed by atoms with Crippen molar-refractivity contribution in [1.29, 1.82) is 0 Å². The van der Waals surface area contributed by atoms with E-state index in [1.807, 2.05) is 33.3 Å². The Bertz CT molecular complexity index is 1380. The molecule has 0 saturated heterocycles. The second-order valence-electron chi connectivity index (χ2n) is 19.4. The van der Waals surface area contributed by atoms with Crippen LogP contribution in [0.1, 0.15) is 226 Å². The number of unbranched alkanes of at least 4 members (excludes halogenated alkanes) is 24. The molecule has 0 fully saturated rings. The second kappa shape index (κ2) is 47.1. The topological polar surface area (TPSA) is 111 Å². The van der Waals surface area contributed by atoms with Crippen LogP contribution in [0.4, 0.5) is 0 Å². The van der Waals surface area contributed by atoms with E-state index in [4.69, 9.17) is 13.8 Å². The number of likely N-dealkylation sites (N-methyl/N-ethyl adjacent to an activating group) is 1. The van der Waals surface area contributed by atoms with Gasteiger partial charge in [-0.2, -0.15) is 0 Å². The fourth-order valence-electron chi connectivity index (χ4n) is 7.51. The molecule has 10 heteroatoms. The molecule has 0 aromatic heterocycles. The van der Waals surface area contributed by atoms with E-state index in [0.717, 1.165) is 103 Å². The molecule has 0 aromatic carbocycles. The highest BCUT2D eigenvalue weighted by Crippen LogP contribution is 2.43. The van der Waals surface area contributed by atoms with Crippen LogP contribution in [0, 0.1) is 0 Å². The molecule has 9 nitrogen and oxygen atoms in total. The Labute approximate surface area is 413 Å². The predicted octanol–water partition coefficient (Wildman–Crippen LogP) is 16.1. The van der Waals surface area contributed by atoms with Crippen LogP contribution in [0.5, 0.6) is 0 Å². The van der Waals surface area contributed by atoms with E-state index in [-0.39, 0.29) is 31.5 Å². The highest BCUT2D eigenvalue weighted by molar-refractivity contribution is 7.47. The Kier molecular flexibility index (Phi) is 45.3. The zero-order chi connectivity index (χ0) is 49.4. The molecule has 0 bridgehead atoms. The van der Waals surface area contributed by atoms with Crippen LogP contribution < -0.4 is 5.32 Å². The van der Waals surface area contributed by atoms with E-state index in [0.29, 0.717) is 17.4 Å². The molecule has 67 heavy (non-hydrogen) atoms. The quantitative estimate of drug-likeness (QED) is 0.0156. The Morgan fingerprint density at radius 1 is 0.552 bits per heavy atom. The van der Waals surface area contributed by atoms with Crippen LogP contribution in [0.2, 0.25) is 0 Å². The standard InChI is InChI=1S/C57H103N2O7P/c1-7-10-13-16-19-22-25-28-30-31-34-37-40-43-46-49-56(60)58-54(53-65-67(62,63)64-52-51-59(4,5)6)55(48-45-42-39-36-33-27-24-21-18-15-12-9-3)66-57(61)50-47-44-41-38-35-32-29-26-23-20-17-14-11-8-2/h10-11,13-14,16,19-20,22-23,25,45,48,54-55H,7-9,12,15,17-18,21,24,26-44,46-47,49-53H2,1-6H3,(H-,58,60,62,63)/p+1/b13-10+,14-11+,19-16+,23-20+,25-22+,48-45+. The van der Waals surface area contributed by atoms with Gasteiger partial charge in [0.05, 0.1) is 33.8 Å². The summed E-state index contributed by atoms with van der Waals surface area (Å²) < 4.78 is 30.5. The Morgan fingerprint density at radius 3 is 1.58 bits per heavy atom. The first-order chi connectivity index (χ1) is 32.4. The third kappa shape index (κ3) is 48.3. The van der Waals surface area contributed by atoms with Gasteiger partial charge in [0.2, 0.25) is 5.91 Å². The van der Waals surface area contributed by atoms with E-state index in [9.17, 15) is 19.0 Å². The molecule has 1 amide bonds. The lowest BCUT2D eigenvalue weighted by molar-refractivity contribution is -0.870. The maximum Gasteiger partial charge on any atom is 0.472 e. The van der Waals surface area contributed by atoms with Crippen molar-refractivity contribution in [2.45, 2.75) is 238 Å². The first-order valence-corrected chi connectivity index (χ1v) is 28.8. The summed E-state index contributed by atoms with van der Waals surface area (Å²) in [4.78, 5) is 37.5. The van der Waals surface area contributed by atoms with Crippen molar-refractivity contribution in [3.63, 3.8) is 0 Å². The summed E-state index contributed by atoms with van der Waals surface area (Å²) >= 11 is 0. The first kappa shape index (κ1) is 64.5. The summed E-state index contributed by atoms with van der Waals surface area (Å²) in [6.45, 7) is 6.75. The number of amides is 1. The van der Waals surface area contributed by atoms with Gasteiger partial charge in [0.1, 0.15) is 19.3 Å². The number of esters is 1. The van der Waals surface area contributed by atoms with Crippen LogP contribution in [0.3, 0.4) is 0 Å². The highest BCUT2D eigenvalue weighted by atomic mass is 31.2. The number of hydrogen-bond acceptors (Lipinski definition) is 6. The number of nitrogens with one attached hydrogen (secondary N) is 1. The molecule has 0 aliphatic carbocycles. The molecule has 0 radical (unpaired) electrons. The van der Waals surface area contributed by atoms with Crippen LogP contribution in [0.25, 0.3) is 0 Å². The fourth-order valence-corrected chi connectivity index (χ4v) is 8.24. The number of hydrogen-bond donors (Lipinski definition) is 2. The van der Waals surface area contributed by atoms with Crippen molar-refractivity contribution in [2.24, 2.45) is 0 Å². The number of phosphoric ester groups is 1. The molecular weight excluding hydrogens is 856 g/mol. The van der Waals surface area contributed by atoms with Crippen molar-refractivity contribution in [3.8, 4) is 0 Å². The van der Waals surface area contributed by atoms with Crippen molar-refractivity contribution in [1.82, 2.24) is 5.32 Å². The Hall–Kier alpha value is -2.55. The zero-order valence-corrected chi connectivity index (χ0v) is 45.0. The van der Waals surface area contributed by atoms with Gasteiger partial charge in [-0.25, -0.2) is 4.57 Å². The van der Waals surface area contributed by atoms with E-state index < -0.39 is 20.0 Å². The number of ether oxygens (including phenoxy) is 1. The van der Waals surface area contributed by atoms with E-state index in [2.05, 4.69) is 86.8 Å². The molecule has 2 N–H and O–H groups in total. The number of allylic oxidation sites excluding steroid dienone is 11. The smallest absolute Gasteiger partial charge is 0.456 e. The normalized spacial score (nSPS) is 14.4.